The smallest absolute Gasteiger partial charge is 0.188 e. The van der Waals surface area contributed by atoms with E-state index in [4.69, 9.17) is 25.4 Å². The van der Waals surface area contributed by atoms with Crippen LogP contribution in [-0.2, 0) is 9.47 Å². The number of hydrogen-bond donors (Lipinski definition) is 0. The van der Waals surface area contributed by atoms with Crippen molar-refractivity contribution in [3.63, 3.8) is 0 Å². The topological polar surface area (TPSA) is 36.9 Å². The van der Waals surface area contributed by atoms with E-state index in [1.807, 2.05) is 18.2 Å². The first kappa shape index (κ1) is 26.0. The molecule has 0 fully saturated rings. The van der Waals surface area contributed by atoms with Crippen molar-refractivity contribution in [3.05, 3.63) is 42.0 Å². The minimum absolute atomic E-state index is 0.113. The second-order valence-electron chi connectivity index (χ2n) is 9.04. The molecule has 0 saturated carbocycles. The lowest BCUT2D eigenvalue weighted by molar-refractivity contribution is 0.0500. The van der Waals surface area contributed by atoms with Crippen LogP contribution in [0.1, 0.15) is 47.1 Å². The highest BCUT2D eigenvalue weighted by Crippen LogP contribution is 2.43. The molecular formula is C27H38O4Si. The number of benzene rings is 2. The standard InChI is InChI=1S/C27H38O4Si/c1-10-22-12-11-13-25(27(22)31-18-29-9)24-15-14-23(16-26(24)30-17-28-8)32(19(2)3,20(4)5)21(6)7/h1,11-16,19-21H,17-18H2,2-9H3. The highest BCUT2D eigenvalue weighted by Gasteiger charge is 2.44. The Balaban J connectivity index is 2.76. The van der Waals surface area contributed by atoms with E-state index >= 15 is 0 Å². The normalized spacial score (nSPS) is 11.8. The van der Waals surface area contributed by atoms with Gasteiger partial charge in [-0.1, -0.05) is 76.9 Å². The highest BCUT2D eigenvalue weighted by atomic mass is 28.3. The van der Waals surface area contributed by atoms with E-state index in [1.165, 1.54) is 5.19 Å². The Kier molecular flexibility index (Phi) is 9.39. The van der Waals surface area contributed by atoms with Crippen LogP contribution in [0.25, 0.3) is 11.1 Å². The molecule has 2 rings (SSSR count). The van der Waals surface area contributed by atoms with E-state index in [9.17, 15) is 0 Å². The number of rotatable bonds is 11. The lowest BCUT2D eigenvalue weighted by Gasteiger charge is -2.44. The second kappa shape index (κ2) is 11.6. The molecule has 0 saturated heterocycles. The molecule has 0 amide bonds. The Morgan fingerprint density at radius 1 is 0.812 bits per heavy atom. The van der Waals surface area contributed by atoms with Gasteiger partial charge in [0.2, 0.25) is 0 Å². The zero-order valence-corrected chi connectivity index (χ0v) is 21.8. The monoisotopic (exact) mass is 454 g/mol. The van der Waals surface area contributed by atoms with Gasteiger partial charge in [0.1, 0.15) is 11.5 Å². The van der Waals surface area contributed by atoms with Crippen LogP contribution < -0.4 is 14.7 Å². The summed E-state index contributed by atoms with van der Waals surface area (Å²) in [5, 5.41) is 1.40. The van der Waals surface area contributed by atoms with Crippen LogP contribution in [0.3, 0.4) is 0 Å². The van der Waals surface area contributed by atoms with Crippen molar-refractivity contribution < 1.29 is 18.9 Å². The fourth-order valence-electron chi connectivity index (χ4n) is 5.39. The zero-order valence-electron chi connectivity index (χ0n) is 20.8. The summed E-state index contributed by atoms with van der Waals surface area (Å²) >= 11 is 0. The quantitative estimate of drug-likeness (QED) is 0.231. The third-order valence-electron chi connectivity index (χ3n) is 6.46. The van der Waals surface area contributed by atoms with Gasteiger partial charge in [0.25, 0.3) is 0 Å². The predicted octanol–water partition coefficient (Wildman–Crippen LogP) is 6.19. The molecule has 32 heavy (non-hydrogen) atoms. The van der Waals surface area contributed by atoms with Gasteiger partial charge < -0.3 is 18.9 Å². The third-order valence-corrected chi connectivity index (χ3v) is 13.5. The molecule has 0 aliphatic carbocycles. The Labute approximate surface area is 195 Å². The Bertz CT molecular complexity index is 906. The van der Waals surface area contributed by atoms with Gasteiger partial charge >= 0.3 is 0 Å². The van der Waals surface area contributed by atoms with Crippen molar-refractivity contribution in [2.75, 3.05) is 27.8 Å². The fourth-order valence-corrected chi connectivity index (χ4v) is 12.1. The van der Waals surface area contributed by atoms with Crippen LogP contribution in [0.5, 0.6) is 11.5 Å². The minimum atomic E-state index is -1.85. The number of terminal acetylenes is 1. The van der Waals surface area contributed by atoms with Gasteiger partial charge in [-0.2, -0.15) is 0 Å². The maximum Gasteiger partial charge on any atom is 0.188 e. The Hall–Kier alpha value is -2.26. The van der Waals surface area contributed by atoms with Crippen LogP contribution in [0.4, 0.5) is 0 Å². The average Bonchev–Trinajstić information content (AvgIpc) is 2.75. The van der Waals surface area contributed by atoms with Crippen LogP contribution in [-0.4, -0.2) is 35.9 Å². The molecule has 0 radical (unpaired) electrons. The molecule has 0 aromatic heterocycles. The van der Waals surface area contributed by atoms with Crippen molar-refractivity contribution in [1.82, 2.24) is 0 Å². The van der Waals surface area contributed by atoms with Crippen molar-refractivity contribution in [1.29, 1.82) is 0 Å². The van der Waals surface area contributed by atoms with Crippen molar-refractivity contribution in [3.8, 4) is 35.0 Å². The van der Waals surface area contributed by atoms with Crippen LogP contribution in [0.15, 0.2) is 36.4 Å². The maximum atomic E-state index is 6.11. The van der Waals surface area contributed by atoms with Crippen LogP contribution >= 0.6 is 0 Å². The van der Waals surface area contributed by atoms with Gasteiger partial charge in [-0.25, -0.2) is 0 Å². The summed E-state index contributed by atoms with van der Waals surface area (Å²) in [4.78, 5) is 0. The summed E-state index contributed by atoms with van der Waals surface area (Å²) in [6.07, 6.45) is 5.75. The number of hydrogen-bond acceptors (Lipinski definition) is 4. The molecule has 0 heterocycles. The van der Waals surface area contributed by atoms with E-state index < -0.39 is 8.07 Å². The van der Waals surface area contributed by atoms with Crippen molar-refractivity contribution in [2.24, 2.45) is 0 Å². The predicted molar refractivity (Wildman–Crippen MR) is 136 cm³/mol. The minimum Gasteiger partial charge on any atom is -0.467 e. The Morgan fingerprint density at radius 3 is 1.94 bits per heavy atom. The van der Waals surface area contributed by atoms with Crippen molar-refractivity contribution in [2.45, 2.75) is 58.2 Å². The first-order chi connectivity index (χ1) is 15.2. The molecule has 4 nitrogen and oxygen atoms in total. The molecule has 2 aromatic carbocycles. The summed E-state index contributed by atoms with van der Waals surface area (Å²) in [7, 11) is 1.37. The number of ether oxygens (including phenoxy) is 4. The lowest BCUT2D eigenvalue weighted by atomic mass is 10.0. The first-order valence-corrected chi connectivity index (χ1v) is 13.5. The van der Waals surface area contributed by atoms with Crippen molar-refractivity contribution >= 4 is 13.3 Å². The lowest BCUT2D eigenvalue weighted by Crippen LogP contribution is -2.55. The molecule has 0 atom stereocenters. The molecular weight excluding hydrogens is 416 g/mol. The summed E-state index contributed by atoms with van der Waals surface area (Å²) < 4.78 is 22.4. The summed E-state index contributed by atoms with van der Waals surface area (Å²) in [6.45, 7) is 14.5. The van der Waals surface area contributed by atoms with E-state index in [-0.39, 0.29) is 13.6 Å². The van der Waals surface area contributed by atoms with Crippen LogP contribution in [0.2, 0.25) is 16.6 Å². The van der Waals surface area contributed by atoms with Gasteiger partial charge in [-0.05, 0) is 28.8 Å². The van der Waals surface area contributed by atoms with Crippen LogP contribution in [0, 0.1) is 12.3 Å². The molecule has 0 aliphatic rings. The second-order valence-corrected chi connectivity index (χ2v) is 14.9. The molecule has 0 N–H and O–H groups in total. The van der Waals surface area contributed by atoms with E-state index in [1.54, 1.807) is 14.2 Å². The molecule has 0 bridgehead atoms. The molecule has 2 aromatic rings. The molecule has 0 spiro atoms. The molecule has 0 unspecified atom stereocenters. The van der Waals surface area contributed by atoms with Gasteiger partial charge in [0.05, 0.1) is 13.6 Å². The largest absolute Gasteiger partial charge is 0.467 e. The third kappa shape index (κ3) is 5.04. The Morgan fingerprint density at radius 2 is 1.41 bits per heavy atom. The van der Waals surface area contributed by atoms with Gasteiger partial charge in [-0.15, -0.1) is 6.42 Å². The average molecular weight is 455 g/mol. The van der Waals surface area contributed by atoms with E-state index in [0.29, 0.717) is 27.9 Å². The molecule has 0 aliphatic heterocycles. The number of para-hydroxylation sites is 1. The summed E-state index contributed by atoms with van der Waals surface area (Å²) in [5.41, 5.74) is 4.25. The first-order valence-electron chi connectivity index (χ1n) is 11.2. The van der Waals surface area contributed by atoms with Gasteiger partial charge in [0.15, 0.2) is 13.6 Å². The molecule has 174 valence electrons. The van der Waals surface area contributed by atoms with Gasteiger partial charge in [-0.3, -0.25) is 0 Å². The summed E-state index contributed by atoms with van der Waals surface area (Å²) in [5.74, 6) is 4.11. The zero-order chi connectivity index (χ0) is 23.9. The number of methoxy groups -OCH3 is 2. The highest BCUT2D eigenvalue weighted by molar-refractivity contribution is 6.95. The van der Waals surface area contributed by atoms with E-state index in [2.05, 4.69) is 65.7 Å². The fraction of sp³-hybridized carbons (Fsp3) is 0.481. The molecule has 5 heteroatoms. The summed E-state index contributed by atoms with van der Waals surface area (Å²) in [6, 6.07) is 12.5. The maximum absolute atomic E-state index is 6.11. The van der Waals surface area contributed by atoms with Gasteiger partial charge in [0, 0.05) is 25.3 Å². The van der Waals surface area contributed by atoms with E-state index in [0.717, 1.165) is 16.9 Å². The SMILES string of the molecule is C#Cc1cccc(-c2ccc([Si](C(C)C)(C(C)C)C(C)C)cc2OCOC)c1OCOC.